The van der Waals surface area contributed by atoms with Gasteiger partial charge in [-0.25, -0.2) is 9.78 Å². The lowest BCUT2D eigenvalue weighted by Gasteiger charge is -2.26. The SMILES string of the molecule is Cc1cccn2c(C(C)(C)CC(=O)C3[C@H]4CN(C(=O)OC(C)(C)C)C[C@@H]34)nc(C3CC3)c12. The van der Waals surface area contributed by atoms with Crippen molar-refractivity contribution in [1.29, 1.82) is 0 Å². The molecule has 1 saturated heterocycles. The maximum atomic E-state index is 13.3. The number of amides is 1. The number of Topliss-reactive ketones (excluding diaryl/α,β-unsaturated/α-hetero) is 1. The van der Waals surface area contributed by atoms with Crippen molar-refractivity contribution in [2.75, 3.05) is 13.1 Å². The van der Waals surface area contributed by atoms with Crippen LogP contribution in [0.5, 0.6) is 0 Å². The van der Waals surface area contributed by atoms with Crippen LogP contribution in [0.3, 0.4) is 0 Å². The summed E-state index contributed by atoms with van der Waals surface area (Å²) in [6.07, 6.45) is 4.73. The molecular weight excluding hydrogens is 402 g/mol. The molecule has 1 amide bonds. The van der Waals surface area contributed by atoms with Gasteiger partial charge in [0.25, 0.3) is 0 Å². The molecule has 2 saturated carbocycles. The summed E-state index contributed by atoms with van der Waals surface area (Å²) < 4.78 is 7.71. The summed E-state index contributed by atoms with van der Waals surface area (Å²) in [5.41, 5.74) is 2.84. The van der Waals surface area contributed by atoms with Crippen molar-refractivity contribution >= 4 is 17.4 Å². The number of aromatic nitrogens is 2. The molecule has 6 heteroatoms. The van der Waals surface area contributed by atoms with Crippen LogP contribution in [0.4, 0.5) is 4.79 Å². The molecule has 2 aliphatic carbocycles. The van der Waals surface area contributed by atoms with Gasteiger partial charge in [0.05, 0.1) is 11.2 Å². The number of carbonyl (C=O) groups is 2. The summed E-state index contributed by atoms with van der Waals surface area (Å²) in [6, 6.07) is 4.21. The number of hydrogen-bond acceptors (Lipinski definition) is 4. The van der Waals surface area contributed by atoms with Gasteiger partial charge in [0.1, 0.15) is 17.2 Å². The van der Waals surface area contributed by atoms with E-state index in [4.69, 9.17) is 9.72 Å². The number of ether oxygens (including phenoxy) is 1. The van der Waals surface area contributed by atoms with Crippen LogP contribution < -0.4 is 0 Å². The minimum atomic E-state index is -0.492. The van der Waals surface area contributed by atoms with E-state index in [9.17, 15) is 9.59 Å². The minimum Gasteiger partial charge on any atom is -0.444 e. The number of rotatable bonds is 5. The van der Waals surface area contributed by atoms with Crippen molar-refractivity contribution in [3.63, 3.8) is 0 Å². The molecule has 6 nitrogen and oxygen atoms in total. The predicted octanol–water partition coefficient (Wildman–Crippen LogP) is 4.87. The van der Waals surface area contributed by atoms with Gasteiger partial charge in [-0.2, -0.15) is 0 Å². The second kappa shape index (κ2) is 7.06. The van der Waals surface area contributed by atoms with Gasteiger partial charge in [0.15, 0.2) is 0 Å². The Morgan fingerprint density at radius 1 is 1.12 bits per heavy atom. The van der Waals surface area contributed by atoms with Crippen molar-refractivity contribution in [3.8, 4) is 0 Å². The molecule has 0 aromatic carbocycles. The van der Waals surface area contributed by atoms with Crippen molar-refractivity contribution in [2.24, 2.45) is 17.8 Å². The second-order valence-corrected chi connectivity index (χ2v) is 11.8. The quantitative estimate of drug-likeness (QED) is 0.669. The van der Waals surface area contributed by atoms with E-state index in [0.29, 0.717) is 31.2 Å². The van der Waals surface area contributed by atoms with Crippen LogP contribution in [0.15, 0.2) is 18.3 Å². The van der Waals surface area contributed by atoms with Crippen molar-refractivity contribution in [2.45, 2.75) is 77.7 Å². The van der Waals surface area contributed by atoms with Gasteiger partial charge in [-0.3, -0.25) is 4.79 Å². The molecular formula is C26H35N3O3. The minimum absolute atomic E-state index is 0.0730. The van der Waals surface area contributed by atoms with Gasteiger partial charge in [-0.1, -0.05) is 19.9 Å². The highest BCUT2D eigenvalue weighted by atomic mass is 16.6. The molecule has 3 atom stereocenters. The fourth-order valence-corrected chi connectivity index (χ4v) is 5.57. The van der Waals surface area contributed by atoms with E-state index in [1.807, 2.05) is 20.8 Å². The first-order chi connectivity index (χ1) is 15.0. The van der Waals surface area contributed by atoms with Crippen LogP contribution in [0.1, 0.15) is 76.9 Å². The maximum absolute atomic E-state index is 13.3. The van der Waals surface area contributed by atoms with Crippen molar-refractivity contribution in [1.82, 2.24) is 14.3 Å². The molecule has 3 heterocycles. The van der Waals surface area contributed by atoms with Crippen LogP contribution in [0.25, 0.3) is 5.52 Å². The highest BCUT2D eigenvalue weighted by Crippen LogP contribution is 2.54. The van der Waals surface area contributed by atoms with E-state index in [0.717, 1.165) is 5.82 Å². The number of piperidine rings is 1. The first-order valence-electron chi connectivity index (χ1n) is 11.9. The topological polar surface area (TPSA) is 63.9 Å². The van der Waals surface area contributed by atoms with Gasteiger partial charge >= 0.3 is 6.09 Å². The monoisotopic (exact) mass is 437 g/mol. The summed E-state index contributed by atoms with van der Waals surface area (Å²) in [6.45, 7) is 13.3. The van der Waals surface area contributed by atoms with Gasteiger partial charge < -0.3 is 14.0 Å². The third kappa shape index (κ3) is 3.71. The van der Waals surface area contributed by atoms with Crippen LogP contribution in [0, 0.1) is 24.7 Å². The largest absolute Gasteiger partial charge is 0.444 e. The van der Waals surface area contributed by atoms with Crippen molar-refractivity contribution < 1.29 is 14.3 Å². The molecule has 172 valence electrons. The van der Waals surface area contributed by atoms with Crippen LogP contribution in [-0.4, -0.2) is 44.9 Å². The number of carbonyl (C=O) groups excluding carboxylic acids is 2. The Hall–Kier alpha value is -2.37. The Morgan fingerprint density at radius 3 is 2.38 bits per heavy atom. The highest BCUT2D eigenvalue weighted by Gasteiger charge is 2.60. The van der Waals surface area contributed by atoms with E-state index in [-0.39, 0.29) is 29.3 Å². The Bertz CT molecular complexity index is 1080. The predicted molar refractivity (Wildman–Crippen MR) is 123 cm³/mol. The first-order valence-corrected chi connectivity index (χ1v) is 11.9. The van der Waals surface area contributed by atoms with Crippen LogP contribution in [0.2, 0.25) is 0 Å². The van der Waals surface area contributed by atoms with Gasteiger partial charge in [-0.05, 0) is 64.0 Å². The molecule has 1 unspecified atom stereocenters. The smallest absolute Gasteiger partial charge is 0.410 e. The number of pyridine rings is 1. The van der Waals surface area contributed by atoms with Gasteiger partial charge in [-0.15, -0.1) is 0 Å². The summed E-state index contributed by atoms with van der Waals surface area (Å²) in [4.78, 5) is 32.5. The first kappa shape index (κ1) is 21.5. The summed E-state index contributed by atoms with van der Waals surface area (Å²) in [5, 5.41) is 0. The fraction of sp³-hybridized carbons (Fsp3) is 0.654. The van der Waals surface area contributed by atoms with Gasteiger partial charge in [0.2, 0.25) is 0 Å². The van der Waals surface area contributed by atoms with Crippen molar-refractivity contribution in [3.05, 3.63) is 35.4 Å². The normalized spacial score (nSPS) is 25.2. The van der Waals surface area contributed by atoms with E-state index >= 15 is 0 Å². The summed E-state index contributed by atoms with van der Waals surface area (Å²) in [7, 11) is 0. The fourth-order valence-electron chi connectivity index (χ4n) is 5.57. The molecule has 32 heavy (non-hydrogen) atoms. The number of fused-ring (bicyclic) bond motifs is 2. The Labute approximate surface area is 190 Å². The molecule has 0 bridgehead atoms. The number of likely N-dealkylation sites (tertiary alicyclic amines) is 1. The molecule has 2 aromatic rings. The molecule has 5 rings (SSSR count). The molecule has 0 spiro atoms. The average molecular weight is 438 g/mol. The summed E-state index contributed by atoms with van der Waals surface area (Å²) in [5.74, 6) is 2.51. The number of nitrogens with zero attached hydrogens (tertiary/aromatic N) is 3. The molecule has 0 N–H and O–H groups in total. The number of ketones is 1. The third-order valence-electron chi connectivity index (χ3n) is 7.30. The zero-order valence-corrected chi connectivity index (χ0v) is 20.1. The Balaban J connectivity index is 1.28. The zero-order chi connectivity index (χ0) is 23.0. The standard InChI is InChI=1S/C26H35N3O3/c1-15-8-7-11-29-22(15)21(16-9-10-16)27-23(29)26(5,6)12-19(30)20-17-13-28(14-18(17)20)24(31)32-25(2,3)4/h7-8,11,16-18,20H,9-10,12-14H2,1-6H3/t17-,18+,20?. The molecule has 2 aromatic heterocycles. The molecule has 3 fully saturated rings. The maximum Gasteiger partial charge on any atom is 0.410 e. The Morgan fingerprint density at radius 2 is 1.78 bits per heavy atom. The summed E-state index contributed by atoms with van der Waals surface area (Å²) >= 11 is 0. The zero-order valence-electron chi connectivity index (χ0n) is 20.1. The lowest BCUT2D eigenvalue weighted by Crippen LogP contribution is -2.38. The lowest BCUT2D eigenvalue weighted by atomic mass is 9.84. The molecule has 1 aliphatic heterocycles. The third-order valence-corrected chi connectivity index (χ3v) is 7.30. The van der Waals surface area contributed by atoms with E-state index in [1.54, 1.807) is 4.90 Å². The second-order valence-electron chi connectivity index (χ2n) is 11.8. The van der Waals surface area contributed by atoms with E-state index in [1.165, 1.54) is 29.6 Å². The average Bonchev–Trinajstić information content (AvgIpc) is 3.55. The van der Waals surface area contributed by atoms with E-state index in [2.05, 4.69) is 43.5 Å². The van der Waals surface area contributed by atoms with E-state index < -0.39 is 5.60 Å². The van der Waals surface area contributed by atoms with Crippen LogP contribution >= 0.6 is 0 Å². The molecule has 3 aliphatic rings. The number of imidazole rings is 1. The number of hydrogen-bond donors (Lipinski definition) is 0. The number of aryl methyl sites for hydroxylation is 1. The Kier molecular flexibility index (Phi) is 4.74. The molecule has 0 radical (unpaired) electrons. The lowest BCUT2D eigenvalue weighted by molar-refractivity contribution is -0.122. The highest BCUT2D eigenvalue weighted by molar-refractivity contribution is 5.86. The van der Waals surface area contributed by atoms with Gasteiger partial charge in [0, 0.05) is 43.0 Å². The van der Waals surface area contributed by atoms with Crippen LogP contribution in [-0.2, 0) is 14.9 Å².